The molecule has 0 spiro atoms. The molecule has 178 valence electrons. The SMILES string of the molecule is COc1ccc(/C2=C/C=C\CCc3cc(C(=O)N4CCc5ccc(C(=O)O)cc54)nn32)cc1OC. The molecule has 1 aromatic heterocycles. The van der Waals surface area contributed by atoms with Gasteiger partial charge >= 0.3 is 5.97 Å². The van der Waals surface area contributed by atoms with Gasteiger partial charge in [0.2, 0.25) is 0 Å². The molecule has 8 heteroatoms. The van der Waals surface area contributed by atoms with Gasteiger partial charge in [-0.2, -0.15) is 5.10 Å². The number of rotatable bonds is 5. The van der Waals surface area contributed by atoms with Crippen molar-refractivity contribution in [2.75, 3.05) is 25.7 Å². The Morgan fingerprint density at radius 1 is 1.00 bits per heavy atom. The van der Waals surface area contributed by atoms with E-state index in [1.165, 1.54) is 0 Å². The summed E-state index contributed by atoms with van der Waals surface area (Å²) < 4.78 is 12.7. The van der Waals surface area contributed by atoms with E-state index in [4.69, 9.17) is 14.6 Å². The van der Waals surface area contributed by atoms with Gasteiger partial charge in [0.1, 0.15) is 0 Å². The highest BCUT2D eigenvalue weighted by molar-refractivity contribution is 6.07. The second-order valence-electron chi connectivity index (χ2n) is 8.38. The van der Waals surface area contributed by atoms with Gasteiger partial charge in [-0.3, -0.25) is 4.79 Å². The number of nitrogens with zero attached hydrogens (tertiary/aromatic N) is 3. The van der Waals surface area contributed by atoms with Gasteiger partial charge in [0.25, 0.3) is 5.91 Å². The third kappa shape index (κ3) is 4.07. The molecule has 1 N–H and O–H groups in total. The second-order valence-corrected chi connectivity index (χ2v) is 8.38. The first-order chi connectivity index (χ1) is 17.0. The second kappa shape index (κ2) is 9.13. The number of aryl methyl sites for hydroxylation is 1. The first-order valence-electron chi connectivity index (χ1n) is 11.4. The number of methoxy groups -OCH3 is 2. The number of hydrogen-bond donors (Lipinski definition) is 1. The minimum atomic E-state index is -1.02. The molecule has 5 rings (SSSR count). The number of ether oxygens (including phenoxy) is 2. The topological polar surface area (TPSA) is 93.9 Å². The fourth-order valence-corrected chi connectivity index (χ4v) is 4.54. The molecule has 0 aliphatic carbocycles. The molecule has 2 aliphatic heterocycles. The summed E-state index contributed by atoms with van der Waals surface area (Å²) >= 11 is 0. The number of fused-ring (bicyclic) bond motifs is 2. The summed E-state index contributed by atoms with van der Waals surface area (Å²) in [5, 5.41) is 14.1. The minimum absolute atomic E-state index is 0.158. The van der Waals surface area contributed by atoms with Gasteiger partial charge in [-0.25, -0.2) is 9.48 Å². The summed E-state index contributed by atoms with van der Waals surface area (Å²) in [6.45, 7) is 0.485. The van der Waals surface area contributed by atoms with Crippen LogP contribution in [0.25, 0.3) is 5.70 Å². The van der Waals surface area contributed by atoms with Crippen molar-refractivity contribution in [2.24, 2.45) is 0 Å². The average molecular weight is 472 g/mol. The van der Waals surface area contributed by atoms with Crippen LogP contribution in [0.2, 0.25) is 0 Å². The lowest BCUT2D eigenvalue weighted by atomic mass is 10.1. The molecule has 2 aromatic carbocycles. The predicted molar refractivity (Wildman–Crippen MR) is 131 cm³/mol. The Morgan fingerprint density at radius 3 is 2.60 bits per heavy atom. The summed E-state index contributed by atoms with van der Waals surface area (Å²) in [4.78, 5) is 26.6. The summed E-state index contributed by atoms with van der Waals surface area (Å²) in [7, 11) is 3.18. The molecule has 0 atom stereocenters. The zero-order chi connectivity index (χ0) is 24.5. The Bertz CT molecular complexity index is 1390. The number of anilines is 1. The third-order valence-corrected chi connectivity index (χ3v) is 6.34. The maximum Gasteiger partial charge on any atom is 0.335 e. The fourth-order valence-electron chi connectivity index (χ4n) is 4.54. The number of amides is 1. The number of hydrogen-bond acceptors (Lipinski definition) is 5. The van der Waals surface area contributed by atoms with Crippen molar-refractivity contribution in [3.8, 4) is 11.5 Å². The van der Waals surface area contributed by atoms with Crippen molar-refractivity contribution in [3.05, 3.63) is 88.8 Å². The van der Waals surface area contributed by atoms with Gasteiger partial charge in [-0.05, 0) is 67.3 Å². The summed E-state index contributed by atoms with van der Waals surface area (Å²) in [6, 6.07) is 12.4. The van der Waals surface area contributed by atoms with Gasteiger partial charge < -0.3 is 19.5 Å². The van der Waals surface area contributed by atoms with E-state index in [9.17, 15) is 14.7 Å². The quantitative estimate of drug-likeness (QED) is 0.600. The molecule has 3 aromatic rings. The van der Waals surface area contributed by atoms with E-state index in [-0.39, 0.29) is 11.5 Å². The molecule has 2 aliphatic rings. The molecule has 0 saturated carbocycles. The largest absolute Gasteiger partial charge is 0.493 e. The van der Waals surface area contributed by atoms with Crippen molar-refractivity contribution in [3.63, 3.8) is 0 Å². The highest BCUT2D eigenvalue weighted by Crippen LogP contribution is 2.33. The molecule has 3 heterocycles. The highest BCUT2D eigenvalue weighted by atomic mass is 16.5. The van der Waals surface area contributed by atoms with Crippen molar-refractivity contribution >= 4 is 23.3 Å². The van der Waals surface area contributed by atoms with Crippen LogP contribution in [0, 0.1) is 0 Å². The van der Waals surface area contributed by atoms with E-state index >= 15 is 0 Å². The van der Waals surface area contributed by atoms with E-state index in [1.807, 2.05) is 41.1 Å². The smallest absolute Gasteiger partial charge is 0.335 e. The minimum Gasteiger partial charge on any atom is -0.493 e. The van der Waals surface area contributed by atoms with Crippen LogP contribution in [0.1, 0.15) is 44.1 Å². The number of allylic oxidation sites excluding steroid dienone is 3. The number of benzene rings is 2. The molecule has 0 radical (unpaired) electrons. The molecule has 8 nitrogen and oxygen atoms in total. The van der Waals surface area contributed by atoms with Gasteiger partial charge in [0.15, 0.2) is 17.2 Å². The van der Waals surface area contributed by atoms with Gasteiger partial charge in [0, 0.05) is 23.5 Å². The molecule has 0 unspecified atom stereocenters. The van der Waals surface area contributed by atoms with Crippen LogP contribution in [0.3, 0.4) is 0 Å². The van der Waals surface area contributed by atoms with Crippen LogP contribution in [0.15, 0.2) is 60.7 Å². The first-order valence-corrected chi connectivity index (χ1v) is 11.4. The van der Waals surface area contributed by atoms with Crippen LogP contribution in [-0.4, -0.2) is 47.5 Å². The Hall–Kier alpha value is -4.33. The van der Waals surface area contributed by atoms with Crippen LogP contribution in [0.4, 0.5) is 5.69 Å². The Morgan fingerprint density at radius 2 is 1.83 bits per heavy atom. The highest BCUT2D eigenvalue weighted by Gasteiger charge is 2.29. The number of aromatic carboxylic acids is 1. The van der Waals surface area contributed by atoms with Crippen molar-refractivity contribution < 1.29 is 24.2 Å². The Labute approximate surface area is 202 Å². The summed E-state index contributed by atoms with van der Waals surface area (Å²) in [5.41, 5.74) is 4.66. The lowest BCUT2D eigenvalue weighted by Gasteiger charge is -2.17. The lowest BCUT2D eigenvalue weighted by molar-refractivity contribution is 0.0696. The normalized spacial score (nSPS) is 16.9. The summed E-state index contributed by atoms with van der Waals surface area (Å²) in [6.07, 6.45) is 8.26. The number of aromatic nitrogens is 2. The third-order valence-electron chi connectivity index (χ3n) is 6.34. The van der Waals surface area contributed by atoms with Gasteiger partial charge in [-0.1, -0.05) is 18.2 Å². The van der Waals surface area contributed by atoms with E-state index in [2.05, 4.69) is 6.08 Å². The van der Waals surface area contributed by atoms with Crippen LogP contribution < -0.4 is 14.4 Å². The van der Waals surface area contributed by atoms with E-state index in [0.717, 1.165) is 35.4 Å². The molecular formula is C27H25N3O5. The molecule has 1 amide bonds. The molecule has 35 heavy (non-hydrogen) atoms. The zero-order valence-electron chi connectivity index (χ0n) is 19.5. The Kier molecular flexibility index (Phi) is 5.86. The van der Waals surface area contributed by atoms with Crippen molar-refractivity contribution in [2.45, 2.75) is 19.3 Å². The monoisotopic (exact) mass is 471 g/mol. The predicted octanol–water partition coefficient (Wildman–Crippen LogP) is 4.19. The fraction of sp³-hybridized carbons (Fsp3) is 0.222. The van der Waals surface area contributed by atoms with Crippen LogP contribution in [-0.2, 0) is 12.8 Å². The number of carbonyl (C=O) groups is 2. The number of carboxylic acid groups (broad SMARTS) is 1. The molecular weight excluding hydrogens is 446 g/mol. The maximum absolute atomic E-state index is 13.5. The van der Waals surface area contributed by atoms with E-state index in [1.54, 1.807) is 37.3 Å². The first kappa shape index (κ1) is 22.5. The van der Waals surface area contributed by atoms with E-state index < -0.39 is 5.97 Å². The summed E-state index contributed by atoms with van der Waals surface area (Å²) in [5.74, 6) is -0.0347. The number of carboxylic acids is 1. The molecule has 0 saturated heterocycles. The average Bonchev–Trinajstić information content (AvgIpc) is 3.47. The van der Waals surface area contributed by atoms with Gasteiger partial charge in [-0.15, -0.1) is 0 Å². The van der Waals surface area contributed by atoms with Crippen molar-refractivity contribution in [1.82, 2.24) is 9.78 Å². The van der Waals surface area contributed by atoms with Gasteiger partial charge in [0.05, 0.1) is 25.5 Å². The van der Waals surface area contributed by atoms with Crippen LogP contribution in [0.5, 0.6) is 11.5 Å². The standard InChI is InChI=1S/C27H25N3O5/c1-34-24-11-10-18(15-25(24)35-2)22-7-5-3-4-6-20-16-21(28-30(20)22)26(31)29-13-12-17-8-9-19(27(32)33)14-23(17)29/h3,5,7-11,14-16H,4,6,12-13H2,1-2H3,(H,32,33)/b5-3-,22-7-. The maximum atomic E-state index is 13.5. The van der Waals surface area contributed by atoms with Crippen molar-refractivity contribution in [1.29, 1.82) is 0 Å². The van der Waals surface area contributed by atoms with E-state index in [0.29, 0.717) is 35.8 Å². The lowest BCUT2D eigenvalue weighted by Crippen LogP contribution is -2.29. The van der Waals surface area contributed by atoms with Crippen LogP contribution >= 0.6 is 0 Å². The zero-order valence-corrected chi connectivity index (χ0v) is 19.5. The Balaban J connectivity index is 1.53. The number of carbonyl (C=O) groups excluding carboxylic acids is 1. The molecule has 0 fully saturated rings. The molecule has 0 bridgehead atoms.